The van der Waals surface area contributed by atoms with Crippen LogP contribution in [0.1, 0.15) is 13.3 Å². The minimum absolute atomic E-state index is 0.0907. The van der Waals surface area contributed by atoms with Gasteiger partial charge in [-0.05, 0) is 6.42 Å². The van der Waals surface area contributed by atoms with Crippen molar-refractivity contribution in [2.24, 2.45) is 0 Å². The minimum Gasteiger partial charge on any atom is -0.395 e. The number of amides is 2. The van der Waals surface area contributed by atoms with Crippen LogP contribution in [0.4, 0.5) is 4.79 Å². The topological polar surface area (TPSA) is 94.1 Å². The summed E-state index contributed by atoms with van der Waals surface area (Å²) in [5, 5.41) is 21.3. The zero-order valence-electron chi connectivity index (χ0n) is 9.61. The van der Waals surface area contributed by atoms with Crippen molar-refractivity contribution in [2.45, 2.75) is 13.3 Å². The zero-order valence-corrected chi connectivity index (χ0v) is 9.61. The van der Waals surface area contributed by atoms with Gasteiger partial charge in [-0.25, -0.2) is 9.80 Å². The Morgan fingerprint density at radius 3 is 2.44 bits per heavy atom. The van der Waals surface area contributed by atoms with Crippen LogP contribution >= 0.6 is 0 Å². The molecule has 0 bridgehead atoms. The molecule has 0 aromatic rings. The number of aliphatic hydroxyl groups excluding tert-OH is 2. The fourth-order valence-corrected chi connectivity index (χ4v) is 0.981. The Balaban J connectivity index is 3.63. The van der Waals surface area contributed by atoms with Crippen molar-refractivity contribution in [1.82, 2.24) is 15.8 Å². The van der Waals surface area contributed by atoms with Crippen molar-refractivity contribution in [3.8, 4) is 0 Å². The second-order valence-corrected chi connectivity index (χ2v) is 3.10. The molecule has 0 aromatic carbocycles. The van der Waals surface area contributed by atoms with Gasteiger partial charge in [0.1, 0.15) is 6.73 Å². The average molecular weight is 235 g/mol. The first kappa shape index (κ1) is 15.1. The molecule has 0 heterocycles. The summed E-state index contributed by atoms with van der Waals surface area (Å²) >= 11 is 0. The van der Waals surface area contributed by atoms with Gasteiger partial charge in [-0.3, -0.25) is 5.43 Å². The van der Waals surface area contributed by atoms with Gasteiger partial charge in [-0.1, -0.05) is 6.92 Å². The number of aliphatic hydroxyl groups is 2. The SMILES string of the molecule is CCCOCNC(=O)NN(CCO)CCO. The van der Waals surface area contributed by atoms with Crippen LogP contribution in [-0.2, 0) is 4.74 Å². The number of nitrogens with zero attached hydrogens (tertiary/aromatic N) is 1. The fourth-order valence-electron chi connectivity index (χ4n) is 0.981. The summed E-state index contributed by atoms with van der Waals surface area (Å²) in [6, 6.07) is -0.419. The molecule has 0 aliphatic heterocycles. The molecular weight excluding hydrogens is 214 g/mol. The monoisotopic (exact) mass is 235 g/mol. The van der Waals surface area contributed by atoms with Crippen molar-refractivity contribution in [3.63, 3.8) is 0 Å². The molecule has 0 atom stereocenters. The molecule has 4 N–H and O–H groups in total. The standard InChI is InChI=1S/C9H21N3O4/c1-2-7-16-8-10-9(15)11-12(3-5-13)4-6-14/h13-14H,2-8H2,1H3,(H2,10,11,15). The van der Waals surface area contributed by atoms with Crippen molar-refractivity contribution in [3.05, 3.63) is 0 Å². The van der Waals surface area contributed by atoms with Crippen LogP contribution in [0.15, 0.2) is 0 Å². The van der Waals surface area contributed by atoms with Gasteiger partial charge in [0, 0.05) is 19.7 Å². The zero-order chi connectivity index (χ0) is 12.2. The quantitative estimate of drug-likeness (QED) is 0.230. The molecule has 0 radical (unpaired) electrons. The summed E-state index contributed by atoms with van der Waals surface area (Å²) in [7, 11) is 0. The van der Waals surface area contributed by atoms with Gasteiger partial charge in [-0.15, -0.1) is 0 Å². The van der Waals surface area contributed by atoms with E-state index in [9.17, 15) is 4.79 Å². The van der Waals surface area contributed by atoms with Crippen LogP contribution < -0.4 is 10.7 Å². The molecule has 0 unspecified atom stereocenters. The Morgan fingerprint density at radius 2 is 1.94 bits per heavy atom. The molecule has 0 rings (SSSR count). The summed E-state index contributed by atoms with van der Waals surface area (Å²) in [5.74, 6) is 0. The number of carbonyl (C=O) groups excluding carboxylic acids is 1. The van der Waals surface area contributed by atoms with Crippen LogP contribution in [0, 0.1) is 0 Å². The largest absolute Gasteiger partial charge is 0.395 e. The highest BCUT2D eigenvalue weighted by atomic mass is 16.5. The fraction of sp³-hybridized carbons (Fsp3) is 0.889. The molecule has 0 saturated carbocycles. The number of carbonyl (C=O) groups is 1. The predicted molar refractivity (Wildman–Crippen MR) is 58.5 cm³/mol. The number of hydrogen-bond acceptors (Lipinski definition) is 5. The lowest BCUT2D eigenvalue weighted by Crippen LogP contribution is -2.49. The molecule has 0 fully saturated rings. The van der Waals surface area contributed by atoms with E-state index in [2.05, 4.69) is 10.7 Å². The first-order chi connectivity index (χ1) is 7.74. The van der Waals surface area contributed by atoms with E-state index in [0.717, 1.165) is 6.42 Å². The summed E-state index contributed by atoms with van der Waals surface area (Å²) in [5.41, 5.74) is 2.48. The lowest BCUT2D eigenvalue weighted by molar-refractivity contribution is 0.102. The smallest absolute Gasteiger partial charge is 0.331 e. The summed E-state index contributed by atoms with van der Waals surface area (Å²) < 4.78 is 5.07. The van der Waals surface area contributed by atoms with Gasteiger partial charge in [-0.2, -0.15) is 0 Å². The van der Waals surface area contributed by atoms with E-state index >= 15 is 0 Å². The van der Waals surface area contributed by atoms with Crippen LogP contribution in [0.25, 0.3) is 0 Å². The third-order valence-corrected chi connectivity index (χ3v) is 1.68. The number of hydrazine groups is 1. The second-order valence-electron chi connectivity index (χ2n) is 3.10. The van der Waals surface area contributed by atoms with Gasteiger partial charge in [0.05, 0.1) is 13.2 Å². The van der Waals surface area contributed by atoms with Crippen LogP contribution in [0.5, 0.6) is 0 Å². The normalized spacial score (nSPS) is 10.5. The molecule has 7 nitrogen and oxygen atoms in total. The van der Waals surface area contributed by atoms with E-state index in [1.165, 1.54) is 5.01 Å². The average Bonchev–Trinajstić information content (AvgIpc) is 2.25. The van der Waals surface area contributed by atoms with Crippen LogP contribution in [0.2, 0.25) is 0 Å². The number of ether oxygens (including phenoxy) is 1. The highest BCUT2D eigenvalue weighted by molar-refractivity contribution is 5.73. The summed E-state index contributed by atoms with van der Waals surface area (Å²) in [6.45, 7) is 3.07. The molecular formula is C9H21N3O4. The molecule has 0 spiro atoms. The Morgan fingerprint density at radius 1 is 1.31 bits per heavy atom. The van der Waals surface area contributed by atoms with Crippen molar-refractivity contribution < 1.29 is 19.7 Å². The molecule has 0 aliphatic carbocycles. The van der Waals surface area contributed by atoms with E-state index in [-0.39, 0.29) is 33.0 Å². The van der Waals surface area contributed by atoms with Gasteiger partial charge >= 0.3 is 6.03 Å². The first-order valence-electron chi connectivity index (χ1n) is 5.33. The molecule has 16 heavy (non-hydrogen) atoms. The third-order valence-electron chi connectivity index (χ3n) is 1.68. The predicted octanol–water partition coefficient (Wildman–Crippen LogP) is -1.13. The van der Waals surface area contributed by atoms with E-state index < -0.39 is 6.03 Å². The van der Waals surface area contributed by atoms with E-state index in [0.29, 0.717) is 6.61 Å². The summed E-state index contributed by atoms with van der Waals surface area (Å²) in [4.78, 5) is 11.3. The Bertz CT molecular complexity index is 174. The van der Waals surface area contributed by atoms with E-state index in [1.807, 2.05) is 6.92 Å². The van der Waals surface area contributed by atoms with Gasteiger partial charge in [0.15, 0.2) is 0 Å². The van der Waals surface area contributed by atoms with E-state index in [4.69, 9.17) is 14.9 Å². The molecule has 2 amide bonds. The maximum Gasteiger partial charge on any atom is 0.331 e. The second kappa shape index (κ2) is 10.6. The summed E-state index contributed by atoms with van der Waals surface area (Å²) in [6.07, 6.45) is 0.893. The van der Waals surface area contributed by atoms with Crippen LogP contribution in [0.3, 0.4) is 0 Å². The van der Waals surface area contributed by atoms with Gasteiger partial charge < -0.3 is 20.3 Å². The molecule has 0 saturated heterocycles. The van der Waals surface area contributed by atoms with Crippen molar-refractivity contribution >= 4 is 6.03 Å². The van der Waals surface area contributed by atoms with Gasteiger partial charge in [0.2, 0.25) is 0 Å². The number of rotatable bonds is 9. The minimum atomic E-state index is -0.419. The number of hydrogen-bond donors (Lipinski definition) is 4. The lowest BCUT2D eigenvalue weighted by atomic mass is 10.5. The molecule has 0 aromatic heterocycles. The van der Waals surface area contributed by atoms with Gasteiger partial charge in [0.25, 0.3) is 0 Å². The maximum atomic E-state index is 11.3. The Hall–Kier alpha value is -0.890. The number of nitrogens with one attached hydrogen (secondary N) is 2. The highest BCUT2D eigenvalue weighted by Crippen LogP contribution is 1.82. The first-order valence-corrected chi connectivity index (χ1v) is 5.33. The molecule has 0 aliphatic rings. The van der Waals surface area contributed by atoms with Crippen molar-refractivity contribution in [2.75, 3.05) is 39.6 Å². The maximum absolute atomic E-state index is 11.3. The van der Waals surface area contributed by atoms with Crippen LogP contribution in [-0.4, -0.2) is 60.9 Å². The third kappa shape index (κ3) is 8.42. The lowest BCUT2D eigenvalue weighted by Gasteiger charge is -2.21. The van der Waals surface area contributed by atoms with E-state index in [1.54, 1.807) is 0 Å². The van der Waals surface area contributed by atoms with Crippen molar-refractivity contribution in [1.29, 1.82) is 0 Å². The Kier molecular flexibility index (Phi) is 10.0. The molecule has 96 valence electrons. The highest BCUT2D eigenvalue weighted by Gasteiger charge is 2.06. The molecule has 7 heteroatoms. The Labute approximate surface area is 95.4 Å². The number of urea groups is 1.